The molecule has 0 radical (unpaired) electrons. The van der Waals surface area contributed by atoms with Gasteiger partial charge in [-0.05, 0) is 18.6 Å². The number of benzene rings is 1. The van der Waals surface area contributed by atoms with Gasteiger partial charge in [0.25, 0.3) is 0 Å². The summed E-state index contributed by atoms with van der Waals surface area (Å²) in [5.74, 6) is 0.717. The van der Waals surface area contributed by atoms with Crippen LogP contribution < -0.4 is 4.74 Å². The minimum absolute atomic E-state index is 0.482. The van der Waals surface area contributed by atoms with E-state index in [9.17, 15) is 0 Å². The van der Waals surface area contributed by atoms with Gasteiger partial charge in [0.05, 0.1) is 12.3 Å². The molecular weight excluding hydrogens is 206 g/mol. The zero-order valence-corrected chi connectivity index (χ0v) is 9.64. The largest absolute Gasteiger partial charge is 0.490 e. The highest BCUT2D eigenvalue weighted by molar-refractivity contribution is 6.02. The molecular formula is C12H17NO3. The lowest BCUT2D eigenvalue weighted by atomic mass is 10.1. The topological polar surface area (TPSA) is 51.1 Å². The first-order valence-corrected chi connectivity index (χ1v) is 5.25. The molecule has 0 aliphatic carbocycles. The van der Waals surface area contributed by atoms with Crippen molar-refractivity contribution in [3.63, 3.8) is 0 Å². The second kappa shape index (κ2) is 6.85. The predicted octanol–water partition coefficient (Wildman–Crippen LogP) is 2.30. The van der Waals surface area contributed by atoms with Gasteiger partial charge in [0.2, 0.25) is 0 Å². The molecule has 0 bridgehead atoms. The Balaban J connectivity index is 2.83. The Morgan fingerprint density at radius 2 is 2.06 bits per heavy atom. The molecule has 0 saturated heterocycles. The van der Waals surface area contributed by atoms with Gasteiger partial charge in [0.15, 0.2) is 0 Å². The first-order valence-electron chi connectivity index (χ1n) is 5.25. The highest BCUT2D eigenvalue weighted by Crippen LogP contribution is 2.20. The lowest BCUT2D eigenvalue weighted by molar-refractivity contribution is 0.146. The van der Waals surface area contributed by atoms with Crippen molar-refractivity contribution < 1.29 is 14.7 Å². The summed E-state index contributed by atoms with van der Waals surface area (Å²) < 4.78 is 10.5. The van der Waals surface area contributed by atoms with Crippen LogP contribution in [-0.2, 0) is 4.74 Å². The van der Waals surface area contributed by atoms with Crippen LogP contribution >= 0.6 is 0 Å². The van der Waals surface area contributed by atoms with Gasteiger partial charge >= 0.3 is 0 Å². The summed E-state index contributed by atoms with van der Waals surface area (Å²) in [6.07, 6.45) is 0.654. The van der Waals surface area contributed by atoms with Gasteiger partial charge in [-0.1, -0.05) is 24.2 Å². The highest BCUT2D eigenvalue weighted by atomic mass is 16.5. The van der Waals surface area contributed by atoms with Crippen LogP contribution in [0, 0.1) is 0 Å². The van der Waals surface area contributed by atoms with Crippen molar-refractivity contribution >= 4 is 5.71 Å². The molecule has 0 heterocycles. The molecule has 16 heavy (non-hydrogen) atoms. The maximum absolute atomic E-state index is 8.88. The van der Waals surface area contributed by atoms with Crippen LogP contribution in [0.5, 0.6) is 5.75 Å². The second-order valence-electron chi connectivity index (χ2n) is 3.24. The fraction of sp³-hybridized carbons (Fsp3) is 0.417. The predicted molar refractivity (Wildman–Crippen MR) is 62.4 cm³/mol. The molecule has 0 aliphatic rings. The first-order chi connectivity index (χ1) is 7.83. The molecule has 1 aromatic carbocycles. The molecule has 1 N–H and O–H groups in total. The van der Waals surface area contributed by atoms with E-state index in [1.54, 1.807) is 7.11 Å². The van der Waals surface area contributed by atoms with E-state index in [1.165, 1.54) is 0 Å². The van der Waals surface area contributed by atoms with Crippen molar-refractivity contribution in [2.75, 3.05) is 20.3 Å². The van der Waals surface area contributed by atoms with Crippen molar-refractivity contribution in [3.05, 3.63) is 29.8 Å². The third-order valence-electron chi connectivity index (χ3n) is 2.20. The van der Waals surface area contributed by atoms with E-state index in [0.717, 1.165) is 5.56 Å². The van der Waals surface area contributed by atoms with Gasteiger partial charge in [0.1, 0.15) is 12.4 Å². The zero-order chi connectivity index (χ0) is 11.8. The van der Waals surface area contributed by atoms with Crippen molar-refractivity contribution in [3.8, 4) is 5.75 Å². The first kappa shape index (κ1) is 12.5. The number of hydrogen-bond acceptors (Lipinski definition) is 4. The van der Waals surface area contributed by atoms with Crippen molar-refractivity contribution in [1.82, 2.24) is 0 Å². The smallest absolute Gasteiger partial charge is 0.128 e. The molecule has 0 atom stereocenters. The monoisotopic (exact) mass is 223 g/mol. The summed E-state index contributed by atoms with van der Waals surface area (Å²) in [4.78, 5) is 0. The van der Waals surface area contributed by atoms with E-state index in [2.05, 4.69) is 5.16 Å². The summed E-state index contributed by atoms with van der Waals surface area (Å²) in [5.41, 5.74) is 1.44. The Morgan fingerprint density at radius 3 is 2.69 bits per heavy atom. The Bertz CT molecular complexity index is 350. The molecule has 4 heteroatoms. The minimum atomic E-state index is 0.482. The minimum Gasteiger partial charge on any atom is -0.490 e. The molecule has 1 aromatic rings. The number of rotatable bonds is 6. The molecule has 0 saturated carbocycles. The third-order valence-corrected chi connectivity index (χ3v) is 2.20. The summed E-state index contributed by atoms with van der Waals surface area (Å²) >= 11 is 0. The number of para-hydroxylation sites is 1. The molecule has 0 aromatic heterocycles. The SMILES string of the molecule is CC/C(=N\O)c1ccccc1OCCOC. The molecule has 4 nitrogen and oxygen atoms in total. The van der Waals surface area contributed by atoms with E-state index in [-0.39, 0.29) is 0 Å². The van der Waals surface area contributed by atoms with E-state index in [4.69, 9.17) is 14.7 Å². The van der Waals surface area contributed by atoms with Crippen LogP contribution in [0.3, 0.4) is 0 Å². The van der Waals surface area contributed by atoms with Crippen LogP contribution in [0.4, 0.5) is 0 Å². The van der Waals surface area contributed by atoms with Crippen LogP contribution in [-0.4, -0.2) is 31.2 Å². The second-order valence-corrected chi connectivity index (χ2v) is 3.24. The average molecular weight is 223 g/mol. The van der Waals surface area contributed by atoms with E-state index in [1.807, 2.05) is 31.2 Å². The summed E-state index contributed by atoms with van der Waals surface area (Å²) in [5, 5.41) is 12.2. The van der Waals surface area contributed by atoms with Gasteiger partial charge in [-0.15, -0.1) is 0 Å². The fourth-order valence-corrected chi connectivity index (χ4v) is 1.38. The van der Waals surface area contributed by atoms with Crippen LogP contribution in [0.25, 0.3) is 0 Å². The normalized spacial score (nSPS) is 11.5. The molecule has 0 spiro atoms. The highest BCUT2D eigenvalue weighted by Gasteiger charge is 2.08. The van der Waals surface area contributed by atoms with Crippen LogP contribution in [0.1, 0.15) is 18.9 Å². The fourth-order valence-electron chi connectivity index (χ4n) is 1.38. The van der Waals surface area contributed by atoms with Gasteiger partial charge in [-0.2, -0.15) is 0 Å². The van der Waals surface area contributed by atoms with E-state index < -0.39 is 0 Å². The lowest BCUT2D eigenvalue weighted by Crippen LogP contribution is -2.08. The van der Waals surface area contributed by atoms with Crippen molar-refractivity contribution in [2.24, 2.45) is 5.16 Å². The van der Waals surface area contributed by atoms with Gasteiger partial charge in [0, 0.05) is 12.7 Å². The number of hydrogen-bond donors (Lipinski definition) is 1. The number of ether oxygens (including phenoxy) is 2. The Hall–Kier alpha value is -1.55. The van der Waals surface area contributed by atoms with Gasteiger partial charge < -0.3 is 14.7 Å². The zero-order valence-electron chi connectivity index (χ0n) is 9.64. The van der Waals surface area contributed by atoms with Gasteiger partial charge in [-0.3, -0.25) is 0 Å². The van der Waals surface area contributed by atoms with E-state index >= 15 is 0 Å². The lowest BCUT2D eigenvalue weighted by Gasteiger charge is -2.11. The maximum Gasteiger partial charge on any atom is 0.128 e. The molecule has 0 aliphatic heterocycles. The average Bonchev–Trinajstić information content (AvgIpc) is 2.33. The molecule has 0 amide bonds. The summed E-state index contributed by atoms with van der Waals surface area (Å²) in [7, 11) is 1.63. The van der Waals surface area contributed by atoms with Crippen molar-refractivity contribution in [1.29, 1.82) is 0 Å². The Labute approximate surface area is 95.5 Å². The summed E-state index contributed by atoms with van der Waals surface area (Å²) in [6.45, 7) is 2.95. The number of oxime groups is 1. The number of methoxy groups -OCH3 is 1. The quantitative estimate of drug-likeness (QED) is 0.348. The van der Waals surface area contributed by atoms with E-state index in [0.29, 0.717) is 31.1 Å². The van der Waals surface area contributed by atoms with Gasteiger partial charge in [-0.25, -0.2) is 0 Å². The van der Waals surface area contributed by atoms with Crippen molar-refractivity contribution in [2.45, 2.75) is 13.3 Å². The summed E-state index contributed by atoms with van der Waals surface area (Å²) in [6, 6.07) is 7.50. The van der Waals surface area contributed by atoms with Crippen LogP contribution in [0.2, 0.25) is 0 Å². The Kier molecular flexibility index (Phi) is 5.36. The molecule has 88 valence electrons. The third kappa shape index (κ3) is 3.24. The molecule has 0 unspecified atom stereocenters. The number of nitrogens with zero attached hydrogens (tertiary/aromatic N) is 1. The standard InChI is InChI=1S/C12H17NO3/c1-3-11(13-14)10-6-4-5-7-12(10)16-9-8-15-2/h4-7,14H,3,8-9H2,1-2H3/b13-11+. The van der Waals surface area contributed by atoms with Crippen LogP contribution in [0.15, 0.2) is 29.4 Å². The maximum atomic E-state index is 8.88. The molecule has 0 fully saturated rings. The molecule has 1 rings (SSSR count). The Morgan fingerprint density at radius 1 is 1.31 bits per heavy atom.